The fraction of sp³-hybridized carbons (Fsp3) is 0.571. The van der Waals surface area contributed by atoms with Gasteiger partial charge in [-0.2, -0.15) is 0 Å². The van der Waals surface area contributed by atoms with Crippen molar-refractivity contribution < 1.29 is 9.47 Å². The van der Waals surface area contributed by atoms with Gasteiger partial charge in [0.1, 0.15) is 11.5 Å². The Morgan fingerprint density at radius 2 is 1.94 bits per heavy atom. The standard InChI is InChI=1S/C14H20BrNO2/c1-8-5-6-10(16-2)13-12(8)11(17-3)7-9(15)14(13)18-4/h7-8,10,16H,5-6H2,1-4H3. The molecular formula is C14H20BrNO2. The van der Waals surface area contributed by atoms with E-state index in [-0.39, 0.29) is 0 Å². The van der Waals surface area contributed by atoms with Gasteiger partial charge in [0.15, 0.2) is 0 Å². The monoisotopic (exact) mass is 313 g/mol. The molecule has 18 heavy (non-hydrogen) atoms. The van der Waals surface area contributed by atoms with E-state index >= 15 is 0 Å². The molecule has 1 aromatic carbocycles. The second kappa shape index (κ2) is 5.49. The summed E-state index contributed by atoms with van der Waals surface area (Å²) in [6, 6.07) is 2.34. The highest BCUT2D eigenvalue weighted by Crippen LogP contribution is 2.49. The van der Waals surface area contributed by atoms with E-state index in [0.717, 1.165) is 22.4 Å². The molecule has 0 saturated carbocycles. The SMILES string of the molecule is CNC1CCC(C)c2c(OC)cc(Br)c(OC)c21. The van der Waals surface area contributed by atoms with Gasteiger partial charge in [0.25, 0.3) is 0 Å². The lowest BCUT2D eigenvalue weighted by Gasteiger charge is -2.32. The first-order chi connectivity index (χ1) is 8.63. The summed E-state index contributed by atoms with van der Waals surface area (Å²) >= 11 is 3.57. The molecule has 3 nitrogen and oxygen atoms in total. The molecule has 0 radical (unpaired) electrons. The smallest absolute Gasteiger partial charge is 0.138 e. The van der Waals surface area contributed by atoms with E-state index in [2.05, 4.69) is 28.2 Å². The second-order valence-electron chi connectivity index (χ2n) is 4.74. The van der Waals surface area contributed by atoms with Gasteiger partial charge in [0.05, 0.1) is 18.7 Å². The van der Waals surface area contributed by atoms with Crippen molar-refractivity contribution in [3.05, 3.63) is 21.7 Å². The van der Waals surface area contributed by atoms with Gasteiger partial charge in [-0.15, -0.1) is 0 Å². The van der Waals surface area contributed by atoms with Crippen LogP contribution < -0.4 is 14.8 Å². The summed E-state index contributed by atoms with van der Waals surface area (Å²) in [7, 11) is 5.44. The normalized spacial score (nSPS) is 22.5. The lowest BCUT2D eigenvalue weighted by molar-refractivity contribution is 0.361. The van der Waals surface area contributed by atoms with Crippen molar-refractivity contribution in [3.63, 3.8) is 0 Å². The van der Waals surface area contributed by atoms with Crippen LogP contribution in [0, 0.1) is 0 Å². The van der Waals surface area contributed by atoms with Crippen LogP contribution in [0.2, 0.25) is 0 Å². The van der Waals surface area contributed by atoms with Crippen molar-refractivity contribution in [1.82, 2.24) is 5.32 Å². The summed E-state index contributed by atoms with van der Waals surface area (Å²) in [5, 5.41) is 3.38. The first kappa shape index (κ1) is 13.7. The molecule has 1 aliphatic carbocycles. The number of hydrogen-bond acceptors (Lipinski definition) is 3. The Morgan fingerprint density at radius 1 is 1.22 bits per heavy atom. The Bertz CT molecular complexity index is 448. The van der Waals surface area contributed by atoms with Crippen molar-refractivity contribution in [1.29, 1.82) is 0 Å². The molecule has 1 N–H and O–H groups in total. The summed E-state index contributed by atoms with van der Waals surface area (Å²) in [6.07, 6.45) is 2.29. The molecule has 0 saturated heterocycles. The van der Waals surface area contributed by atoms with E-state index in [1.54, 1.807) is 14.2 Å². The zero-order valence-electron chi connectivity index (χ0n) is 11.3. The van der Waals surface area contributed by atoms with Crippen LogP contribution in [0.25, 0.3) is 0 Å². The number of fused-ring (bicyclic) bond motifs is 1. The second-order valence-corrected chi connectivity index (χ2v) is 5.60. The Labute approximate surface area is 117 Å². The molecule has 100 valence electrons. The predicted molar refractivity (Wildman–Crippen MR) is 76.7 cm³/mol. The highest BCUT2D eigenvalue weighted by atomic mass is 79.9. The molecule has 2 rings (SSSR count). The maximum absolute atomic E-state index is 5.58. The van der Waals surface area contributed by atoms with Gasteiger partial charge < -0.3 is 14.8 Å². The number of nitrogens with one attached hydrogen (secondary N) is 1. The number of benzene rings is 1. The van der Waals surface area contributed by atoms with Crippen LogP contribution in [0.5, 0.6) is 11.5 Å². The molecule has 0 amide bonds. The van der Waals surface area contributed by atoms with Crippen molar-refractivity contribution >= 4 is 15.9 Å². The van der Waals surface area contributed by atoms with Gasteiger partial charge in [-0.3, -0.25) is 0 Å². The minimum absolute atomic E-state index is 0.331. The third-order valence-electron chi connectivity index (χ3n) is 3.78. The van der Waals surface area contributed by atoms with E-state index in [4.69, 9.17) is 9.47 Å². The average Bonchev–Trinajstić information content (AvgIpc) is 2.38. The van der Waals surface area contributed by atoms with E-state index < -0.39 is 0 Å². The van der Waals surface area contributed by atoms with E-state index in [9.17, 15) is 0 Å². The van der Waals surface area contributed by atoms with E-state index in [1.165, 1.54) is 17.5 Å². The van der Waals surface area contributed by atoms with Crippen LogP contribution in [0.4, 0.5) is 0 Å². The maximum Gasteiger partial charge on any atom is 0.138 e. The minimum Gasteiger partial charge on any atom is -0.496 e. The van der Waals surface area contributed by atoms with Gasteiger partial charge in [-0.05, 0) is 47.8 Å². The molecular weight excluding hydrogens is 294 g/mol. The van der Waals surface area contributed by atoms with Crippen molar-refractivity contribution in [2.75, 3.05) is 21.3 Å². The van der Waals surface area contributed by atoms with Gasteiger partial charge in [-0.25, -0.2) is 0 Å². The van der Waals surface area contributed by atoms with Crippen LogP contribution >= 0.6 is 15.9 Å². The molecule has 1 aliphatic rings. The number of halogens is 1. The number of rotatable bonds is 3. The third-order valence-corrected chi connectivity index (χ3v) is 4.37. The molecule has 2 atom stereocenters. The van der Waals surface area contributed by atoms with Crippen LogP contribution in [0.3, 0.4) is 0 Å². The van der Waals surface area contributed by atoms with E-state index in [1.807, 2.05) is 13.1 Å². The summed E-state index contributed by atoms with van der Waals surface area (Å²) < 4.78 is 12.1. The highest BCUT2D eigenvalue weighted by Gasteiger charge is 2.31. The zero-order chi connectivity index (χ0) is 13.3. The van der Waals surface area contributed by atoms with Gasteiger partial charge in [0.2, 0.25) is 0 Å². The van der Waals surface area contributed by atoms with Crippen molar-refractivity contribution in [2.45, 2.75) is 31.7 Å². The molecule has 0 spiro atoms. The number of ether oxygens (including phenoxy) is 2. The quantitative estimate of drug-likeness (QED) is 0.924. The lowest BCUT2D eigenvalue weighted by atomic mass is 9.80. The number of methoxy groups -OCH3 is 2. The Hall–Kier alpha value is -0.740. The highest BCUT2D eigenvalue weighted by molar-refractivity contribution is 9.10. The first-order valence-corrected chi connectivity index (χ1v) is 7.04. The molecule has 4 heteroatoms. The first-order valence-electron chi connectivity index (χ1n) is 6.25. The fourth-order valence-electron chi connectivity index (χ4n) is 2.87. The summed E-state index contributed by atoms with van der Waals surface area (Å²) in [6.45, 7) is 2.25. The zero-order valence-corrected chi connectivity index (χ0v) is 12.9. The van der Waals surface area contributed by atoms with Crippen molar-refractivity contribution in [3.8, 4) is 11.5 Å². The summed E-state index contributed by atoms with van der Waals surface area (Å²) in [5.41, 5.74) is 2.52. The van der Waals surface area contributed by atoms with Crippen LogP contribution in [-0.2, 0) is 0 Å². The van der Waals surface area contributed by atoms with E-state index in [0.29, 0.717) is 12.0 Å². The van der Waals surface area contributed by atoms with Crippen LogP contribution in [0.1, 0.15) is 42.9 Å². The Morgan fingerprint density at radius 3 is 2.50 bits per heavy atom. The Kier molecular flexibility index (Phi) is 4.17. The predicted octanol–water partition coefficient (Wildman–Crippen LogP) is 3.62. The molecule has 0 fully saturated rings. The maximum atomic E-state index is 5.58. The molecule has 0 heterocycles. The van der Waals surface area contributed by atoms with Gasteiger partial charge >= 0.3 is 0 Å². The summed E-state index contributed by atoms with van der Waals surface area (Å²) in [4.78, 5) is 0. The largest absolute Gasteiger partial charge is 0.496 e. The molecule has 1 aromatic rings. The Balaban J connectivity index is 2.70. The molecule has 2 unspecified atom stereocenters. The lowest BCUT2D eigenvalue weighted by Crippen LogP contribution is -2.24. The minimum atomic E-state index is 0.331. The van der Waals surface area contributed by atoms with Gasteiger partial charge in [-0.1, -0.05) is 6.92 Å². The number of hydrogen-bond donors (Lipinski definition) is 1. The van der Waals surface area contributed by atoms with Gasteiger partial charge in [0, 0.05) is 17.2 Å². The molecule has 0 aliphatic heterocycles. The average molecular weight is 314 g/mol. The van der Waals surface area contributed by atoms with Crippen molar-refractivity contribution in [2.24, 2.45) is 0 Å². The van der Waals surface area contributed by atoms with Crippen LogP contribution in [0.15, 0.2) is 10.5 Å². The third kappa shape index (κ3) is 2.12. The fourth-order valence-corrected chi connectivity index (χ4v) is 3.45. The molecule has 0 bridgehead atoms. The molecule has 0 aromatic heterocycles. The topological polar surface area (TPSA) is 30.5 Å². The summed E-state index contributed by atoms with van der Waals surface area (Å²) in [5.74, 6) is 2.38. The van der Waals surface area contributed by atoms with Crippen LogP contribution in [-0.4, -0.2) is 21.3 Å².